The van der Waals surface area contributed by atoms with E-state index in [9.17, 15) is 9.59 Å². The molecule has 1 amide bonds. The lowest BCUT2D eigenvalue weighted by Crippen LogP contribution is -2.41. The molecule has 6 nitrogen and oxygen atoms in total. The van der Waals surface area contributed by atoms with E-state index in [-0.39, 0.29) is 18.0 Å². The Balaban J connectivity index is 0.00000176. The van der Waals surface area contributed by atoms with E-state index >= 15 is 0 Å². The number of carbonyl (C=O) groups excluding carboxylic acids is 2. The standard InChI is InChI=1S/C24H32N2O4.C2H6/c1-24(2,3)30-23(28)26-11-9-17(10-12-26)13-19(15-22(27)29-4)20-14-18-7-5-6-8-21(18)25-16-20;1-2/h5-8,14,16-17,19H,9-13,15H2,1-4H3;1-2H3/t19-;/m0./s1. The number of amides is 1. The molecule has 1 aliphatic rings. The number of carbonyl (C=O) groups is 2. The van der Waals surface area contributed by atoms with Gasteiger partial charge in [-0.15, -0.1) is 0 Å². The highest BCUT2D eigenvalue weighted by atomic mass is 16.6. The van der Waals surface area contributed by atoms with Gasteiger partial charge in [-0.1, -0.05) is 32.0 Å². The summed E-state index contributed by atoms with van der Waals surface area (Å²) in [5.74, 6) is 0.275. The van der Waals surface area contributed by atoms with Crippen LogP contribution in [0.5, 0.6) is 0 Å². The first-order valence-corrected chi connectivity index (χ1v) is 11.6. The highest BCUT2D eigenvalue weighted by molar-refractivity contribution is 5.79. The lowest BCUT2D eigenvalue weighted by molar-refractivity contribution is -0.141. The van der Waals surface area contributed by atoms with Gasteiger partial charge < -0.3 is 14.4 Å². The zero-order valence-corrected chi connectivity index (χ0v) is 20.4. The average Bonchev–Trinajstić information content (AvgIpc) is 2.79. The highest BCUT2D eigenvalue weighted by Crippen LogP contribution is 2.33. The van der Waals surface area contributed by atoms with Gasteiger partial charge in [0, 0.05) is 24.7 Å². The molecule has 0 spiro atoms. The molecule has 1 aromatic carbocycles. The number of benzene rings is 1. The number of hydrogen-bond donors (Lipinski definition) is 0. The van der Waals surface area contributed by atoms with Gasteiger partial charge in [0.1, 0.15) is 5.60 Å². The third kappa shape index (κ3) is 7.50. The molecular formula is C26H38N2O4. The number of hydrogen-bond acceptors (Lipinski definition) is 5. The molecule has 0 bridgehead atoms. The van der Waals surface area contributed by atoms with Crippen molar-refractivity contribution in [3.8, 4) is 0 Å². The summed E-state index contributed by atoms with van der Waals surface area (Å²) in [6, 6.07) is 10.1. The van der Waals surface area contributed by atoms with Crippen LogP contribution in [0.25, 0.3) is 10.9 Å². The normalized spacial score (nSPS) is 15.5. The van der Waals surface area contributed by atoms with Gasteiger partial charge in [0.25, 0.3) is 0 Å². The van der Waals surface area contributed by atoms with Gasteiger partial charge >= 0.3 is 12.1 Å². The third-order valence-electron chi connectivity index (χ3n) is 5.61. The van der Waals surface area contributed by atoms with Crippen LogP contribution in [0.1, 0.15) is 71.8 Å². The average molecular weight is 443 g/mol. The molecule has 0 unspecified atom stereocenters. The number of esters is 1. The Hall–Kier alpha value is -2.63. The smallest absolute Gasteiger partial charge is 0.410 e. The summed E-state index contributed by atoms with van der Waals surface area (Å²) in [6.07, 6.45) is 4.65. The molecule has 1 aliphatic heterocycles. The first-order valence-electron chi connectivity index (χ1n) is 11.6. The quantitative estimate of drug-likeness (QED) is 0.536. The van der Waals surface area contributed by atoms with Crippen LogP contribution in [0.2, 0.25) is 0 Å². The summed E-state index contributed by atoms with van der Waals surface area (Å²) in [5.41, 5.74) is 1.53. The maximum Gasteiger partial charge on any atom is 0.410 e. The highest BCUT2D eigenvalue weighted by Gasteiger charge is 2.29. The second kappa shape index (κ2) is 11.8. The van der Waals surface area contributed by atoms with Crippen molar-refractivity contribution in [1.82, 2.24) is 9.88 Å². The molecule has 0 aliphatic carbocycles. The van der Waals surface area contributed by atoms with E-state index in [0.717, 1.165) is 35.7 Å². The SMILES string of the molecule is CC.COC(=O)C[C@H](CC1CCN(C(=O)OC(C)(C)C)CC1)c1cnc2ccccc2c1. The van der Waals surface area contributed by atoms with Crippen LogP contribution in [0.4, 0.5) is 4.79 Å². The van der Waals surface area contributed by atoms with Crippen LogP contribution in [0.3, 0.4) is 0 Å². The molecule has 0 radical (unpaired) electrons. The van der Waals surface area contributed by atoms with Crippen molar-refractivity contribution >= 4 is 23.0 Å². The Morgan fingerprint density at radius 1 is 1.16 bits per heavy atom. The number of piperidine rings is 1. The Morgan fingerprint density at radius 3 is 2.44 bits per heavy atom. The van der Waals surface area contributed by atoms with Gasteiger partial charge in [-0.3, -0.25) is 9.78 Å². The molecule has 0 N–H and O–H groups in total. The van der Waals surface area contributed by atoms with Gasteiger partial charge in [-0.05, 0) is 69.6 Å². The summed E-state index contributed by atoms with van der Waals surface area (Å²) in [5, 5.41) is 1.07. The molecule has 1 aromatic heterocycles. The van der Waals surface area contributed by atoms with Crippen molar-refractivity contribution in [3.63, 3.8) is 0 Å². The summed E-state index contributed by atoms with van der Waals surface area (Å²) in [7, 11) is 1.43. The lowest BCUT2D eigenvalue weighted by atomic mass is 9.82. The van der Waals surface area contributed by atoms with E-state index in [0.29, 0.717) is 25.4 Å². The molecular weight excluding hydrogens is 404 g/mol. The van der Waals surface area contributed by atoms with E-state index in [2.05, 4.69) is 11.1 Å². The van der Waals surface area contributed by atoms with Crippen LogP contribution >= 0.6 is 0 Å². The first kappa shape index (κ1) is 25.6. The number of likely N-dealkylation sites (tertiary alicyclic amines) is 1. The minimum Gasteiger partial charge on any atom is -0.469 e. The Morgan fingerprint density at radius 2 is 1.81 bits per heavy atom. The molecule has 1 saturated heterocycles. The second-order valence-corrected chi connectivity index (χ2v) is 9.09. The van der Waals surface area contributed by atoms with E-state index in [1.165, 1.54) is 7.11 Å². The van der Waals surface area contributed by atoms with Gasteiger partial charge in [-0.2, -0.15) is 0 Å². The number of rotatable bonds is 5. The molecule has 2 heterocycles. The van der Waals surface area contributed by atoms with Crippen molar-refractivity contribution in [2.45, 2.75) is 71.8 Å². The maximum absolute atomic E-state index is 12.3. The predicted octanol–water partition coefficient (Wildman–Crippen LogP) is 5.94. The number of aromatic nitrogens is 1. The molecule has 2 aromatic rings. The number of methoxy groups -OCH3 is 1. The molecule has 0 saturated carbocycles. The summed E-state index contributed by atoms with van der Waals surface area (Å²) in [4.78, 5) is 30.7. The van der Waals surface area contributed by atoms with E-state index in [4.69, 9.17) is 9.47 Å². The van der Waals surface area contributed by atoms with Crippen molar-refractivity contribution in [3.05, 3.63) is 42.1 Å². The predicted molar refractivity (Wildman–Crippen MR) is 128 cm³/mol. The number of para-hydroxylation sites is 1. The number of pyridine rings is 1. The van der Waals surface area contributed by atoms with Gasteiger partial charge in [0.05, 0.1) is 19.0 Å². The Bertz CT molecular complexity index is 883. The molecule has 1 atom stereocenters. The van der Waals surface area contributed by atoms with Gasteiger partial charge in [-0.25, -0.2) is 4.79 Å². The monoisotopic (exact) mass is 442 g/mol. The summed E-state index contributed by atoms with van der Waals surface area (Å²) in [6.45, 7) is 11.0. The fourth-order valence-electron chi connectivity index (χ4n) is 4.01. The van der Waals surface area contributed by atoms with Gasteiger partial charge in [0.2, 0.25) is 0 Å². The van der Waals surface area contributed by atoms with Crippen molar-refractivity contribution < 1.29 is 19.1 Å². The molecule has 3 rings (SSSR count). The van der Waals surface area contributed by atoms with Crippen LogP contribution in [-0.2, 0) is 14.3 Å². The molecule has 1 fully saturated rings. The third-order valence-corrected chi connectivity index (χ3v) is 5.61. The number of nitrogens with zero attached hydrogens (tertiary/aromatic N) is 2. The maximum atomic E-state index is 12.3. The van der Waals surface area contributed by atoms with Crippen molar-refractivity contribution in [2.24, 2.45) is 5.92 Å². The fourth-order valence-corrected chi connectivity index (χ4v) is 4.01. The number of ether oxygens (including phenoxy) is 2. The van der Waals surface area contributed by atoms with E-state index < -0.39 is 5.60 Å². The first-order chi connectivity index (χ1) is 15.2. The Labute approximate surface area is 192 Å². The molecule has 176 valence electrons. The van der Waals surface area contributed by atoms with E-state index in [1.54, 1.807) is 4.90 Å². The lowest BCUT2D eigenvalue weighted by Gasteiger charge is -2.34. The van der Waals surface area contributed by atoms with Crippen LogP contribution in [-0.4, -0.2) is 47.7 Å². The summed E-state index contributed by atoms with van der Waals surface area (Å²) >= 11 is 0. The zero-order chi connectivity index (χ0) is 23.7. The van der Waals surface area contributed by atoms with E-state index in [1.807, 2.05) is 65.1 Å². The van der Waals surface area contributed by atoms with Crippen molar-refractivity contribution in [1.29, 1.82) is 0 Å². The van der Waals surface area contributed by atoms with Crippen LogP contribution in [0, 0.1) is 5.92 Å². The fraction of sp³-hybridized carbons (Fsp3) is 0.577. The largest absolute Gasteiger partial charge is 0.469 e. The molecule has 6 heteroatoms. The minimum atomic E-state index is -0.484. The second-order valence-electron chi connectivity index (χ2n) is 9.09. The molecule has 32 heavy (non-hydrogen) atoms. The minimum absolute atomic E-state index is 0.0487. The topological polar surface area (TPSA) is 68.7 Å². The number of fused-ring (bicyclic) bond motifs is 1. The van der Waals surface area contributed by atoms with Crippen LogP contribution < -0.4 is 0 Å². The van der Waals surface area contributed by atoms with Crippen molar-refractivity contribution in [2.75, 3.05) is 20.2 Å². The van der Waals surface area contributed by atoms with Gasteiger partial charge in [0.15, 0.2) is 0 Å². The zero-order valence-electron chi connectivity index (χ0n) is 20.4. The Kier molecular flexibility index (Phi) is 9.48. The van der Waals surface area contributed by atoms with Crippen LogP contribution in [0.15, 0.2) is 36.5 Å². The summed E-state index contributed by atoms with van der Waals surface area (Å²) < 4.78 is 10.4.